The van der Waals surface area contributed by atoms with E-state index in [0.717, 1.165) is 54.2 Å². The molecule has 6 heteroatoms. The van der Waals surface area contributed by atoms with Gasteiger partial charge in [-0.1, -0.05) is 0 Å². The van der Waals surface area contributed by atoms with Crippen molar-refractivity contribution in [2.75, 3.05) is 38.1 Å². The molecule has 2 fully saturated rings. The fourth-order valence-corrected chi connectivity index (χ4v) is 3.80. The lowest BCUT2D eigenvalue weighted by atomic mass is 10.2. The number of hydrogen-bond donors (Lipinski definition) is 1. The Morgan fingerprint density at radius 2 is 2.24 bits per heavy atom. The molecular formula is C15H18N6. The second kappa shape index (κ2) is 4.71. The summed E-state index contributed by atoms with van der Waals surface area (Å²) < 4.78 is 0. The predicted octanol–water partition coefficient (Wildman–Crippen LogP) is 1.10. The molecule has 0 aromatic carbocycles. The Morgan fingerprint density at radius 3 is 3.00 bits per heavy atom. The van der Waals surface area contributed by atoms with Crippen molar-refractivity contribution in [1.82, 2.24) is 19.9 Å². The van der Waals surface area contributed by atoms with Crippen molar-refractivity contribution in [3.8, 4) is 6.07 Å². The predicted molar refractivity (Wildman–Crippen MR) is 79.7 cm³/mol. The van der Waals surface area contributed by atoms with Crippen LogP contribution in [0.3, 0.4) is 0 Å². The van der Waals surface area contributed by atoms with Gasteiger partial charge in [-0.05, 0) is 23.8 Å². The Bertz CT molecular complexity index is 689. The number of nitrogens with one attached hydrogen (secondary N) is 1. The van der Waals surface area contributed by atoms with Gasteiger partial charge in [-0.3, -0.25) is 4.90 Å². The number of aromatic amines is 1. The molecule has 2 aromatic rings. The third kappa shape index (κ3) is 2.05. The zero-order chi connectivity index (χ0) is 14.4. The molecule has 21 heavy (non-hydrogen) atoms. The molecule has 0 amide bonds. The number of anilines is 1. The molecular weight excluding hydrogens is 264 g/mol. The van der Waals surface area contributed by atoms with Crippen molar-refractivity contribution in [2.45, 2.75) is 0 Å². The third-order valence-corrected chi connectivity index (χ3v) is 4.92. The first kappa shape index (κ1) is 12.6. The Morgan fingerprint density at radius 1 is 1.43 bits per heavy atom. The van der Waals surface area contributed by atoms with Crippen LogP contribution in [0.15, 0.2) is 18.6 Å². The molecule has 3 atom stereocenters. The SMILES string of the molecule is CN(CC1C2CN(CC#N)C[C@H]21)c1ncnc2[nH]ccc12. The Kier molecular flexibility index (Phi) is 2.82. The van der Waals surface area contributed by atoms with Gasteiger partial charge in [0.2, 0.25) is 0 Å². The van der Waals surface area contributed by atoms with Crippen LogP contribution in [0.5, 0.6) is 0 Å². The van der Waals surface area contributed by atoms with Gasteiger partial charge in [0.25, 0.3) is 0 Å². The van der Waals surface area contributed by atoms with Crippen LogP contribution in [0.2, 0.25) is 0 Å². The number of H-pyrrole nitrogens is 1. The number of hydrogen-bond acceptors (Lipinski definition) is 5. The molecule has 2 aliphatic rings. The molecule has 1 N–H and O–H groups in total. The maximum Gasteiger partial charge on any atom is 0.142 e. The van der Waals surface area contributed by atoms with Gasteiger partial charge in [0.05, 0.1) is 18.0 Å². The van der Waals surface area contributed by atoms with E-state index in [-0.39, 0.29) is 0 Å². The van der Waals surface area contributed by atoms with Gasteiger partial charge in [0.15, 0.2) is 0 Å². The zero-order valence-electron chi connectivity index (χ0n) is 12.0. The lowest BCUT2D eigenvalue weighted by Crippen LogP contribution is -2.29. The van der Waals surface area contributed by atoms with Crippen LogP contribution in [0.25, 0.3) is 11.0 Å². The Labute approximate surface area is 123 Å². The average Bonchev–Trinajstić information content (AvgIpc) is 2.90. The maximum absolute atomic E-state index is 8.75. The van der Waals surface area contributed by atoms with Crippen molar-refractivity contribution in [3.63, 3.8) is 0 Å². The quantitative estimate of drug-likeness (QED) is 0.850. The highest BCUT2D eigenvalue weighted by Gasteiger charge is 2.55. The van der Waals surface area contributed by atoms with Crippen molar-refractivity contribution < 1.29 is 0 Å². The summed E-state index contributed by atoms with van der Waals surface area (Å²) in [5.41, 5.74) is 0.892. The van der Waals surface area contributed by atoms with Gasteiger partial charge in [-0.2, -0.15) is 5.26 Å². The molecule has 2 aromatic heterocycles. The molecule has 0 bridgehead atoms. The van der Waals surface area contributed by atoms with Crippen molar-refractivity contribution in [3.05, 3.63) is 18.6 Å². The van der Waals surface area contributed by atoms with Gasteiger partial charge in [-0.15, -0.1) is 0 Å². The van der Waals surface area contributed by atoms with E-state index in [1.165, 1.54) is 0 Å². The van der Waals surface area contributed by atoms with Crippen LogP contribution in [0.4, 0.5) is 5.82 Å². The summed E-state index contributed by atoms with van der Waals surface area (Å²) in [4.78, 5) is 16.3. The zero-order valence-corrected chi connectivity index (χ0v) is 12.0. The smallest absolute Gasteiger partial charge is 0.142 e. The number of aromatic nitrogens is 3. The molecule has 0 spiro atoms. The number of fused-ring (bicyclic) bond motifs is 2. The van der Waals surface area contributed by atoms with Gasteiger partial charge >= 0.3 is 0 Å². The molecule has 0 radical (unpaired) electrons. The summed E-state index contributed by atoms with van der Waals surface area (Å²) in [6, 6.07) is 4.28. The molecule has 1 saturated carbocycles. The van der Waals surface area contributed by atoms with E-state index < -0.39 is 0 Å². The lowest BCUT2D eigenvalue weighted by Gasteiger charge is -2.21. The van der Waals surface area contributed by atoms with Crippen molar-refractivity contribution in [2.24, 2.45) is 17.8 Å². The molecule has 2 unspecified atom stereocenters. The number of nitriles is 1. The van der Waals surface area contributed by atoms with Crippen LogP contribution in [-0.4, -0.2) is 53.1 Å². The first-order valence-electron chi connectivity index (χ1n) is 7.36. The van der Waals surface area contributed by atoms with Crippen LogP contribution < -0.4 is 4.90 Å². The minimum atomic E-state index is 0.575. The molecule has 1 aliphatic carbocycles. The van der Waals surface area contributed by atoms with E-state index >= 15 is 0 Å². The van der Waals surface area contributed by atoms with Crippen LogP contribution in [-0.2, 0) is 0 Å². The summed E-state index contributed by atoms with van der Waals surface area (Å²) in [6.45, 7) is 3.78. The highest BCUT2D eigenvalue weighted by atomic mass is 15.2. The molecule has 108 valence electrons. The van der Waals surface area contributed by atoms with E-state index in [1.807, 2.05) is 12.3 Å². The van der Waals surface area contributed by atoms with Crippen LogP contribution in [0, 0.1) is 29.1 Å². The second-order valence-electron chi connectivity index (χ2n) is 6.16. The van der Waals surface area contributed by atoms with Gasteiger partial charge in [0, 0.05) is 32.9 Å². The highest BCUT2D eigenvalue weighted by Crippen LogP contribution is 2.52. The minimum absolute atomic E-state index is 0.575. The summed E-state index contributed by atoms with van der Waals surface area (Å²) in [7, 11) is 2.11. The number of likely N-dealkylation sites (tertiary alicyclic amines) is 1. The number of nitrogens with zero attached hydrogens (tertiary/aromatic N) is 5. The lowest BCUT2D eigenvalue weighted by molar-refractivity contribution is 0.318. The van der Waals surface area contributed by atoms with Crippen molar-refractivity contribution >= 4 is 16.9 Å². The average molecular weight is 282 g/mol. The third-order valence-electron chi connectivity index (χ3n) is 4.92. The topological polar surface area (TPSA) is 71.8 Å². The fraction of sp³-hybridized carbons (Fsp3) is 0.533. The van der Waals surface area contributed by atoms with Gasteiger partial charge in [0.1, 0.15) is 17.8 Å². The molecule has 1 saturated heterocycles. The summed E-state index contributed by atoms with van der Waals surface area (Å²) in [5.74, 6) is 3.28. The van der Waals surface area contributed by atoms with E-state index in [0.29, 0.717) is 6.54 Å². The van der Waals surface area contributed by atoms with Crippen molar-refractivity contribution in [1.29, 1.82) is 5.26 Å². The highest BCUT2D eigenvalue weighted by molar-refractivity contribution is 5.87. The number of piperidine rings is 1. The Balaban J connectivity index is 1.43. The molecule has 6 nitrogen and oxygen atoms in total. The Hall–Kier alpha value is -2.13. The van der Waals surface area contributed by atoms with Gasteiger partial charge in [-0.25, -0.2) is 9.97 Å². The molecule has 3 heterocycles. The summed E-state index contributed by atoms with van der Waals surface area (Å²) >= 11 is 0. The fourth-order valence-electron chi connectivity index (χ4n) is 3.80. The monoisotopic (exact) mass is 282 g/mol. The van der Waals surface area contributed by atoms with Gasteiger partial charge < -0.3 is 9.88 Å². The first-order chi connectivity index (χ1) is 10.3. The summed E-state index contributed by atoms with van der Waals surface area (Å²) in [5, 5.41) is 9.83. The number of rotatable bonds is 4. The molecule has 1 aliphatic heterocycles. The molecule has 4 rings (SSSR count). The second-order valence-corrected chi connectivity index (χ2v) is 6.16. The first-order valence-corrected chi connectivity index (χ1v) is 7.36. The normalized spacial score (nSPS) is 27.5. The van der Waals surface area contributed by atoms with Crippen LogP contribution in [0.1, 0.15) is 0 Å². The largest absolute Gasteiger partial charge is 0.359 e. The summed E-state index contributed by atoms with van der Waals surface area (Å²) in [6.07, 6.45) is 3.52. The van der Waals surface area contributed by atoms with Crippen LogP contribution >= 0.6 is 0 Å². The van der Waals surface area contributed by atoms with E-state index in [9.17, 15) is 0 Å². The van der Waals surface area contributed by atoms with E-state index in [2.05, 4.69) is 37.9 Å². The van der Waals surface area contributed by atoms with E-state index in [4.69, 9.17) is 5.26 Å². The van der Waals surface area contributed by atoms with E-state index in [1.54, 1.807) is 6.33 Å². The standard InChI is InChI=1S/C15H18N6/c1-20(15-10-2-4-17-14(10)18-9-19-15)6-11-12-7-21(5-3-16)8-13(11)12/h2,4,9,11-13H,5-8H2,1H3,(H,17,18,19)/t11?,12-,13?/m0/s1. The maximum atomic E-state index is 8.75. The minimum Gasteiger partial charge on any atom is -0.359 e.